The number of aromatic nitrogens is 2. The standard InChI is InChI=1S/C16H11Cl2N3OS2/c1-20(8-9-3-2-4-10(17)13(9)18)15(22)12-7-11-14(24-12)19-16-21(11)5-6-23-16/h2-7H,8H2,1H3. The number of carbonyl (C=O) groups excluding carboxylic acids is 1. The molecule has 0 saturated carbocycles. The zero-order valence-electron chi connectivity index (χ0n) is 12.5. The summed E-state index contributed by atoms with van der Waals surface area (Å²) in [5.41, 5.74) is 1.79. The van der Waals surface area contributed by atoms with Crippen LogP contribution >= 0.6 is 45.9 Å². The van der Waals surface area contributed by atoms with Crippen LogP contribution in [0.4, 0.5) is 0 Å². The fourth-order valence-corrected chi connectivity index (χ4v) is 4.71. The third-order valence-electron chi connectivity index (χ3n) is 3.74. The van der Waals surface area contributed by atoms with Crippen molar-refractivity contribution in [2.45, 2.75) is 6.54 Å². The van der Waals surface area contributed by atoms with Crippen LogP contribution in [0.15, 0.2) is 35.8 Å². The van der Waals surface area contributed by atoms with Gasteiger partial charge in [0.15, 0.2) is 4.96 Å². The highest BCUT2D eigenvalue weighted by molar-refractivity contribution is 7.21. The average molecular weight is 396 g/mol. The largest absolute Gasteiger partial charge is 0.337 e. The predicted molar refractivity (Wildman–Crippen MR) is 101 cm³/mol. The van der Waals surface area contributed by atoms with E-state index >= 15 is 0 Å². The first-order chi connectivity index (χ1) is 11.5. The fourth-order valence-electron chi connectivity index (χ4n) is 2.54. The highest BCUT2D eigenvalue weighted by atomic mass is 35.5. The Balaban J connectivity index is 1.62. The van der Waals surface area contributed by atoms with Crippen LogP contribution in [0, 0.1) is 0 Å². The van der Waals surface area contributed by atoms with Crippen LogP contribution in [0.1, 0.15) is 15.2 Å². The van der Waals surface area contributed by atoms with Crippen molar-refractivity contribution in [3.63, 3.8) is 0 Å². The van der Waals surface area contributed by atoms with Crippen molar-refractivity contribution in [3.8, 4) is 0 Å². The molecule has 4 rings (SSSR count). The van der Waals surface area contributed by atoms with Crippen molar-refractivity contribution in [1.82, 2.24) is 14.3 Å². The number of carbonyl (C=O) groups is 1. The predicted octanol–water partition coefficient (Wildman–Crippen LogP) is 5.19. The number of rotatable bonds is 3. The first-order valence-electron chi connectivity index (χ1n) is 7.08. The molecule has 1 aromatic carbocycles. The van der Waals surface area contributed by atoms with Crippen LogP contribution in [0.5, 0.6) is 0 Å². The van der Waals surface area contributed by atoms with Crippen molar-refractivity contribution in [2.75, 3.05) is 7.05 Å². The second-order valence-corrected chi connectivity index (χ2v) is 8.03. The van der Waals surface area contributed by atoms with E-state index in [1.807, 2.05) is 34.2 Å². The molecule has 0 N–H and O–H groups in total. The molecule has 0 spiro atoms. The molecule has 0 saturated heterocycles. The summed E-state index contributed by atoms with van der Waals surface area (Å²) in [6, 6.07) is 7.33. The average Bonchev–Trinajstić information content (AvgIpc) is 3.22. The minimum absolute atomic E-state index is 0.0574. The van der Waals surface area contributed by atoms with Crippen molar-refractivity contribution < 1.29 is 4.79 Å². The molecule has 0 fully saturated rings. The molecule has 3 aromatic heterocycles. The fraction of sp³-hybridized carbons (Fsp3) is 0.125. The molecule has 0 unspecified atom stereocenters. The molecule has 0 bridgehead atoms. The van der Waals surface area contributed by atoms with Crippen LogP contribution < -0.4 is 0 Å². The summed E-state index contributed by atoms with van der Waals surface area (Å²) in [5, 5.41) is 2.96. The van der Waals surface area contributed by atoms with E-state index in [2.05, 4.69) is 4.98 Å². The molecule has 4 nitrogen and oxygen atoms in total. The molecular weight excluding hydrogens is 385 g/mol. The van der Waals surface area contributed by atoms with Gasteiger partial charge in [0.05, 0.1) is 20.4 Å². The van der Waals surface area contributed by atoms with Crippen LogP contribution in [0.3, 0.4) is 0 Å². The van der Waals surface area contributed by atoms with Crippen LogP contribution in [-0.2, 0) is 6.54 Å². The zero-order valence-corrected chi connectivity index (χ0v) is 15.6. The Labute approximate surface area is 155 Å². The first-order valence-corrected chi connectivity index (χ1v) is 9.53. The Morgan fingerprint density at radius 1 is 1.38 bits per heavy atom. The van der Waals surface area contributed by atoms with Gasteiger partial charge in [-0.25, -0.2) is 4.98 Å². The Kier molecular flexibility index (Phi) is 4.00. The lowest BCUT2D eigenvalue weighted by atomic mass is 10.2. The third-order valence-corrected chi connectivity index (χ3v) is 6.36. The first kappa shape index (κ1) is 15.9. The van der Waals surface area contributed by atoms with E-state index in [-0.39, 0.29) is 5.91 Å². The minimum Gasteiger partial charge on any atom is -0.337 e. The van der Waals surface area contributed by atoms with Gasteiger partial charge < -0.3 is 4.90 Å². The van der Waals surface area contributed by atoms with Gasteiger partial charge in [-0.1, -0.05) is 35.3 Å². The zero-order chi connectivity index (χ0) is 16.8. The normalized spacial score (nSPS) is 11.5. The molecule has 8 heteroatoms. The van der Waals surface area contributed by atoms with Gasteiger partial charge in [-0.15, -0.1) is 22.7 Å². The maximum absolute atomic E-state index is 12.7. The molecule has 0 aliphatic rings. The quantitative estimate of drug-likeness (QED) is 0.478. The van der Waals surface area contributed by atoms with E-state index in [1.54, 1.807) is 29.4 Å². The molecule has 0 radical (unpaired) electrons. The summed E-state index contributed by atoms with van der Waals surface area (Å²) in [5.74, 6) is -0.0574. The van der Waals surface area contributed by atoms with Crippen molar-refractivity contribution >= 4 is 67.1 Å². The van der Waals surface area contributed by atoms with E-state index in [9.17, 15) is 4.79 Å². The molecule has 122 valence electrons. The number of amides is 1. The number of thiophene rings is 1. The SMILES string of the molecule is CN(Cc1cccc(Cl)c1Cl)C(=O)c1cc2c(nc3sccn32)s1. The van der Waals surface area contributed by atoms with Crippen LogP contribution in [-0.4, -0.2) is 27.2 Å². The Morgan fingerprint density at radius 3 is 3.04 bits per heavy atom. The van der Waals surface area contributed by atoms with Gasteiger partial charge in [0, 0.05) is 25.2 Å². The second-order valence-electron chi connectivity index (χ2n) is 5.34. The van der Waals surface area contributed by atoms with E-state index in [0.717, 1.165) is 20.9 Å². The van der Waals surface area contributed by atoms with Gasteiger partial charge in [-0.2, -0.15) is 0 Å². The van der Waals surface area contributed by atoms with Crippen molar-refractivity contribution in [2.24, 2.45) is 0 Å². The number of thiazole rings is 1. The number of nitrogens with zero attached hydrogens (tertiary/aromatic N) is 3. The van der Waals surface area contributed by atoms with Crippen LogP contribution in [0.2, 0.25) is 10.0 Å². The van der Waals surface area contributed by atoms with Gasteiger partial charge in [0.25, 0.3) is 5.91 Å². The molecule has 0 aliphatic heterocycles. The van der Waals surface area contributed by atoms with Gasteiger partial charge >= 0.3 is 0 Å². The highest BCUT2D eigenvalue weighted by Gasteiger charge is 2.19. The Hall–Kier alpha value is -1.60. The lowest BCUT2D eigenvalue weighted by molar-refractivity contribution is 0.0790. The maximum Gasteiger partial charge on any atom is 0.264 e. The van der Waals surface area contributed by atoms with Gasteiger partial charge in [0.2, 0.25) is 0 Å². The second kappa shape index (κ2) is 6.04. The summed E-state index contributed by atoms with van der Waals surface area (Å²) in [6.07, 6.45) is 1.96. The lowest BCUT2D eigenvalue weighted by Gasteiger charge is -2.17. The van der Waals surface area contributed by atoms with Gasteiger partial charge in [0.1, 0.15) is 4.83 Å². The van der Waals surface area contributed by atoms with Crippen molar-refractivity contribution in [3.05, 3.63) is 56.3 Å². The van der Waals surface area contributed by atoms with E-state index < -0.39 is 0 Å². The van der Waals surface area contributed by atoms with Crippen LogP contribution in [0.25, 0.3) is 15.3 Å². The monoisotopic (exact) mass is 395 g/mol. The smallest absolute Gasteiger partial charge is 0.264 e. The molecular formula is C16H11Cl2N3OS2. The lowest BCUT2D eigenvalue weighted by Crippen LogP contribution is -2.25. The number of imidazole rings is 1. The molecule has 0 atom stereocenters. The summed E-state index contributed by atoms with van der Waals surface area (Å²) >= 11 is 15.2. The number of benzene rings is 1. The Morgan fingerprint density at radius 2 is 2.21 bits per heavy atom. The minimum atomic E-state index is -0.0574. The topological polar surface area (TPSA) is 37.6 Å². The van der Waals surface area contributed by atoms with Gasteiger partial charge in [-0.3, -0.25) is 9.20 Å². The van der Waals surface area contributed by atoms with E-state index in [0.29, 0.717) is 21.5 Å². The van der Waals surface area contributed by atoms with E-state index in [4.69, 9.17) is 23.2 Å². The molecule has 0 aliphatic carbocycles. The summed E-state index contributed by atoms with van der Waals surface area (Å²) in [4.78, 5) is 21.4. The third kappa shape index (κ3) is 2.59. The summed E-state index contributed by atoms with van der Waals surface area (Å²) < 4.78 is 2.00. The Bertz CT molecular complexity index is 1070. The highest BCUT2D eigenvalue weighted by Crippen LogP contribution is 2.30. The maximum atomic E-state index is 12.7. The number of fused-ring (bicyclic) bond motifs is 3. The summed E-state index contributed by atoms with van der Waals surface area (Å²) in [6.45, 7) is 0.398. The molecule has 3 heterocycles. The molecule has 24 heavy (non-hydrogen) atoms. The molecule has 1 amide bonds. The van der Waals surface area contributed by atoms with Crippen molar-refractivity contribution in [1.29, 1.82) is 0 Å². The molecule has 4 aromatic rings. The number of halogens is 2. The van der Waals surface area contributed by atoms with Gasteiger partial charge in [-0.05, 0) is 17.7 Å². The summed E-state index contributed by atoms with van der Waals surface area (Å²) in [7, 11) is 1.75. The van der Waals surface area contributed by atoms with E-state index in [1.165, 1.54) is 11.3 Å². The number of hydrogen-bond acceptors (Lipinski definition) is 4. The number of hydrogen-bond donors (Lipinski definition) is 0.